The van der Waals surface area contributed by atoms with Crippen LogP contribution in [0.2, 0.25) is 0 Å². The summed E-state index contributed by atoms with van der Waals surface area (Å²) in [4.78, 5) is 16.2. The van der Waals surface area contributed by atoms with Gasteiger partial charge in [-0.2, -0.15) is 0 Å². The van der Waals surface area contributed by atoms with Crippen LogP contribution in [0.4, 0.5) is 16.2 Å². The number of aromatic nitrogens is 1. The van der Waals surface area contributed by atoms with Crippen LogP contribution < -0.4 is 24.8 Å². The number of methoxy groups -OCH3 is 3. The highest BCUT2D eigenvalue weighted by molar-refractivity contribution is 6.10. The van der Waals surface area contributed by atoms with Crippen molar-refractivity contribution in [3.63, 3.8) is 0 Å². The second kappa shape index (κ2) is 9.74. The molecule has 0 saturated carbocycles. The molecule has 0 aliphatic carbocycles. The van der Waals surface area contributed by atoms with Gasteiger partial charge in [0.2, 0.25) is 0 Å². The molecule has 3 aromatic carbocycles. The first-order valence-electron chi connectivity index (χ1n) is 10.7. The topological polar surface area (TPSA) is 90.9 Å². The zero-order chi connectivity index (χ0) is 24.2. The van der Waals surface area contributed by atoms with Crippen LogP contribution in [0, 0.1) is 6.92 Å². The number of hydrogen-bond acceptors (Lipinski definition) is 7. The van der Waals surface area contributed by atoms with Crippen molar-refractivity contribution in [1.82, 2.24) is 10.3 Å². The Labute approximate surface area is 197 Å². The molecular formula is C26H27N3O5. The van der Waals surface area contributed by atoms with Crippen molar-refractivity contribution < 1.29 is 23.7 Å². The third-order valence-electron chi connectivity index (χ3n) is 5.59. The quantitative estimate of drug-likeness (QED) is 0.360. The molecule has 0 atom stereocenters. The number of fused-ring (bicyclic) bond motifs is 2. The van der Waals surface area contributed by atoms with Gasteiger partial charge < -0.3 is 29.6 Å². The standard InChI is InChI=1S/C26H27N3O5/c1-15-10-18-20(12-22(15)31-3)29-21-13-24(33-5)23(32-4)11-19(21)25(18)28-17-8-6-16(7-9-17)14-34-26(30)27-2/h6-13H,14H2,1-5H3,(H,27,30)(H,28,29). The Morgan fingerprint density at radius 2 is 1.44 bits per heavy atom. The Kier molecular flexibility index (Phi) is 6.58. The van der Waals surface area contributed by atoms with E-state index in [-0.39, 0.29) is 6.61 Å². The number of carbonyl (C=O) groups is 1. The summed E-state index contributed by atoms with van der Waals surface area (Å²) in [5, 5.41) is 7.82. The number of carbonyl (C=O) groups excluding carboxylic acids is 1. The van der Waals surface area contributed by atoms with Gasteiger partial charge in [0.25, 0.3) is 0 Å². The maximum atomic E-state index is 11.3. The van der Waals surface area contributed by atoms with Gasteiger partial charge in [0, 0.05) is 35.6 Å². The van der Waals surface area contributed by atoms with E-state index in [1.807, 2.05) is 49.4 Å². The van der Waals surface area contributed by atoms with Crippen molar-refractivity contribution in [1.29, 1.82) is 0 Å². The molecule has 0 radical (unpaired) electrons. The molecule has 8 heteroatoms. The lowest BCUT2D eigenvalue weighted by Crippen LogP contribution is -2.18. The van der Waals surface area contributed by atoms with E-state index in [4.69, 9.17) is 23.9 Å². The molecule has 0 unspecified atom stereocenters. The number of ether oxygens (including phenoxy) is 4. The van der Waals surface area contributed by atoms with Crippen molar-refractivity contribution in [2.45, 2.75) is 13.5 Å². The van der Waals surface area contributed by atoms with Gasteiger partial charge in [0.15, 0.2) is 11.5 Å². The molecule has 0 fully saturated rings. The number of anilines is 2. The van der Waals surface area contributed by atoms with Crippen molar-refractivity contribution in [3.05, 3.63) is 59.7 Å². The largest absolute Gasteiger partial charge is 0.496 e. The minimum atomic E-state index is -0.466. The Balaban J connectivity index is 1.82. The molecule has 176 valence electrons. The minimum Gasteiger partial charge on any atom is -0.496 e. The lowest BCUT2D eigenvalue weighted by atomic mass is 10.0. The van der Waals surface area contributed by atoms with E-state index in [0.717, 1.165) is 50.1 Å². The van der Waals surface area contributed by atoms with Crippen LogP contribution in [0.15, 0.2) is 48.5 Å². The number of nitrogens with zero attached hydrogens (tertiary/aromatic N) is 1. The second-order valence-corrected chi connectivity index (χ2v) is 7.70. The first-order valence-corrected chi connectivity index (χ1v) is 10.7. The van der Waals surface area contributed by atoms with Crippen LogP contribution >= 0.6 is 0 Å². The molecule has 1 heterocycles. The van der Waals surface area contributed by atoms with Gasteiger partial charge in [-0.05, 0) is 42.3 Å². The number of benzene rings is 3. The summed E-state index contributed by atoms with van der Waals surface area (Å²) >= 11 is 0. The number of pyridine rings is 1. The highest BCUT2D eigenvalue weighted by Gasteiger charge is 2.16. The fourth-order valence-electron chi connectivity index (χ4n) is 3.81. The van der Waals surface area contributed by atoms with Crippen LogP contribution in [-0.4, -0.2) is 39.5 Å². The summed E-state index contributed by atoms with van der Waals surface area (Å²) in [7, 11) is 6.39. The molecular weight excluding hydrogens is 434 g/mol. The second-order valence-electron chi connectivity index (χ2n) is 7.70. The van der Waals surface area contributed by atoms with E-state index in [1.54, 1.807) is 21.3 Å². The molecule has 0 bridgehead atoms. The zero-order valence-corrected chi connectivity index (χ0v) is 19.8. The number of aryl methyl sites for hydroxylation is 1. The van der Waals surface area contributed by atoms with Crippen molar-refractivity contribution in [2.24, 2.45) is 0 Å². The predicted octanol–water partition coefficient (Wildman–Crippen LogP) is 5.32. The smallest absolute Gasteiger partial charge is 0.407 e. The first-order chi connectivity index (χ1) is 16.5. The van der Waals surface area contributed by atoms with Gasteiger partial charge in [0.1, 0.15) is 12.4 Å². The first kappa shape index (κ1) is 23.0. The number of nitrogens with one attached hydrogen (secondary N) is 2. The third kappa shape index (κ3) is 4.47. The van der Waals surface area contributed by atoms with Crippen LogP contribution in [-0.2, 0) is 11.3 Å². The number of amides is 1. The third-order valence-corrected chi connectivity index (χ3v) is 5.59. The van der Waals surface area contributed by atoms with Gasteiger partial charge >= 0.3 is 6.09 Å². The normalized spacial score (nSPS) is 10.7. The summed E-state index contributed by atoms with van der Waals surface area (Å²) in [6, 6.07) is 15.5. The number of alkyl carbamates (subject to hydrolysis) is 1. The molecule has 0 spiro atoms. The molecule has 1 aromatic heterocycles. The van der Waals surface area contributed by atoms with E-state index in [9.17, 15) is 4.79 Å². The summed E-state index contributed by atoms with van der Waals surface area (Å²) in [5.41, 5.74) is 5.20. The SMILES string of the molecule is CNC(=O)OCc1ccc(Nc2c3cc(C)c(OC)cc3nc3cc(OC)c(OC)cc23)cc1. The zero-order valence-electron chi connectivity index (χ0n) is 19.8. The number of rotatable bonds is 7. The fraction of sp³-hybridized carbons (Fsp3) is 0.231. The van der Waals surface area contributed by atoms with E-state index >= 15 is 0 Å². The van der Waals surface area contributed by atoms with Crippen molar-refractivity contribution in [2.75, 3.05) is 33.7 Å². The van der Waals surface area contributed by atoms with Gasteiger partial charge in [0.05, 0.1) is 38.1 Å². The Morgan fingerprint density at radius 1 is 0.853 bits per heavy atom. The Hall–Kier alpha value is -4.20. The summed E-state index contributed by atoms with van der Waals surface area (Å²) in [6.45, 7) is 2.19. The van der Waals surface area contributed by atoms with Crippen LogP contribution in [0.1, 0.15) is 11.1 Å². The van der Waals surface area contributed by atoms with Crippen LogP contribution in [0.25, 0.3) is 21.8 Å². The molecule has 0 aliphatic heterocycles. The highest BCUT2D eigenvalue weighted by atomic mass is 16.5. The van der Waals surface area contributed by atoms with Gasteiger partial charge in [-0.15, -0.1) is 0 Å². The molecule has 0 saturated heterocycles. The highest BCUT2D eigenvalue weighted by Crippen LogP contribution is 2.40. The van der Waals surface area contributed by atoms with E-state index in [2.05, 4.69) is 16.7 Å². The Bertz CT molecular complexity index is 1350. The van der Waals surface area contributed by atoms with Crippen LogP contribution in [0.3, 0.4) is 0 Å². The average Bonchev–Trinajstić information content (AvgIpc) is 2.87. The Morgan fingerprint density at radius 3 is 2.06 bits per heavy atom. The fourth-order valence-corrected chi connectivity index (χ4v) is 3.81. The molecule has 0 aliphatic rings. The van der Waals surface area contributed by atoms with Crippen molar-refractivity contribution >= 4 is 39.3 Å². The molecule has 34 heavy (non-hydrogen) atoms. The van der Waals surface area contributed by atoms with E-state index < -0.39 is 6.09 Å². The molecule has 1 amide bonds. The van der Waals surface area contributed by atoms with Crippen LogP contribution in [0.5, 0.6) is 17.2 Å². The maximum Gasteiger partial charge on any atom is 0.407 e. The van der Waals surface area contributed by atoms with E-state index in [0.29, 0.717) is 11.5 Å². The predicted molar refractivity (Wildman–Crippen MR) is 133 cm³/mol. The summed E-state index contributed by atoms with van der Waals surface area (Å²) < 4.78 is 21.7. The van der Waals surface area contributed by atoms with Gasteiger partial charge in [-0.1, -0.05) is 12.1 Å². The lowest BCUT2D eigenvalue weighted by Gasteiger charge is -2.17. The van der Waals surface area contributed by atoms with Gasteiger partial charge in [-0.3, -0.25) is 0 Å². The average molecular weight is 462 g/mol. The maximum absolute atomic E-state index is 11.3. The summed E-state index contributed by atoms with van der Waals surface area (Å²) in [6.07, 6.45) is -0.466. The summed E-state index contributed by atoms with van der Waals surface area (Å²) in [5.74, 6) is 1.99. The van der Waals surface area contributed by atoms with Gasteiger partial charge in [-0.25, -0.2) is 9.78 Å². The molecule has 2 N–H and O–H groups in total. The lowest BCUT2D eigenvalue weighted by molar-refractivity contribution is 0.142. The molecule has 4 aromatic rings. The molecule has 8 nitrogen and oxygen atoms in total. The van der Waals surface area contributed by atoms with Crippen molar-refractivity contribution in [3.8, 4) is 17.2 Å². The molecule has 4 rings (SSSR count). The van der Waals surface area contributed by atoms with E-state index in [1.165, 1.54) is 7.05 Å². The monoisotopic (exact) mass is 461 g/mol. The minimum absolute atomic E-state index is 0.192. The number of hydrogen-bond donors (Lipinski definition) is 2.